The highest BCUT2D eigenvalue weighted by atomic mass is 32.2. The zero-order chi connectivity index (χ0) is 19.4. The predicted octanol–water partition coefficient (Wildman–Crippen LogP) is 5.88. The predicted molar refractivity (Wildman–Crippen MR) is 118 cm³/mol. The van der Waals surface area contributed by atoms with Gasteiger partial charge in [-0.05, 0) is 54.8 Å². The molecule has 0 bridgehead atoms. The summed E-state index contributed by atoms with van der Waals surface area (Å²) in [4.78, 5) is 0. The Morgan fingerprint density at radius 3 is 2.44 bits per heavy atom. The zero-order valence-corrected chi connectivity index (χ0v) is 17.3. The van der Waals surface area contributed by atoms with Crippen molar-refractivity contribution in [2.24, 2.45) is 0 Å². The second-order valence-corrected chi connectivity index (χ2v) is 8.18. The van der Waals surface area contributed by atoms with Gasteiger partial charge in [-0.1, -0.05) is 24.3 Å². The molecule has 0 saturated carbocycles. The van der Waals surface area contributed by atoms with Gasteiger partial charge < -0.3 is 14.8 Å². The molecule has 2 aromatic carbocycles. The standard InChI is InChI=1S/C23H27NO2S/c1-6-11-27-15-18-14-23(2,3)24-20-9-7-16(12-19(18)20)17-8-10-21(25-4)22(13-17)26-5/h6-10,12-14,24H,1,11,15H2,2-5H3. The molecule has 27 heavy (non-hydrogen) atoms. The minimum absolute atomic E-state index is 0.0536. The number of fused-ring (bicyclic) bond motifs is 1. The monoisotopic (exact) mass is 381 g/mol. The van der Waals surface area contributed by atoms with E-state index in [4.69, 9.17) is 9.47 Å². The van der Waals surface area contributed by atoms with Gasteiger partial charge in [0.25, 0.3) is 0 Å². The number of ether oxygens (including phenoxy) is 2. The first-order valence-corrected chi connectivity index (χ1v) is 10.2. The zero-order valence-electron chi connectivity index (χ0n) is 16.5. The fraction of sp³-hybridized carbons (Fsp3) is 0.304. The van der Waals surface area contributed by atoms with E-state index in [0.717, 1.165) is 34.1 Å². The Kier molecular flexibility index (Phi) is 5.85. The highest BCUT2D eigenvalue weighted by molar-refractivity contribution is 7.99. The van der Waals surface area contributed by atoms with Gasteiger partial charge in [-0.2, -0.15) is 11.8 Å². The van der Waals surface area contributed by atoms with Crippen molar-refractivity contribution >= 4 is 23.0 Å². The summed E-state index contributed by atoms with van der Waals surface area (Å²) in [6.07, 6.45) is 4.29. The molecule has 3 nitrogen and oxygen atoms in total. The molecule has 0 saturated heterocycles. The van der Waals surface area contributed by atoms with Gasteiger partial charge in [0, 0.05) is 22.8 Å². The summed E-state index contributed by atoms with van der Waals surface area (Å²) in [7, 11) is 3.32. The highest BCUT2D eigenvalue weighted by Crippen LogP contribution is 2.39. The molecule has 0 fully saturated rings. The van der Waals surface area contributed by atoms with Crippen molar-refractivity contribution in [1.29, 1.82) is 0 Å². The molecule has 4 heteroatoms. The molecule has 0 spiro atoms. The van der Waals surface area contributed by atoms with E-state index in [1.165, 1.54) is 16.8 Å². The summed E-state index contributed by atoms with van der Waals surface area (Å²) in [5.74, 6) is 3.41. The van der Waals surface area contributed by atoms with E-state index in [1.807, 2.05) is 30.0 Å². The third kappa shape index (κ3) is 4.33. The summed E-state index contributed by atoms with van der Waals surface area (Å²) in [5.41, 5.74) is 6.03. The molecule has 1 aliphatic rings. The molecule has 1 N–H and O–H groups in total. The third-order valence-corrected chi connectivity index (χ3v) is 5.55. The highest BCUT2D eigenvalue weighted by Gasteiger charge is 2.24. The number of thioether (sulfide) groups is 1. The molecule has 2 aromatic rings. The largest absolute Gasteiger partial charge is 0.493 e. The van der Waals surface area contributed by atoms with Crippen LogP contribution in [0, 0.1) is 0 Å². The van der Waals surface area contributed by atoms with Crippen molar-refractivity contribution in [1.82, 2.24) is 0 Å². The van der Waals surface area contributed by atoms with Crippen LogP contribution < -0.4 is 14.8 Å². The van der Waals surface area contributed by atoms with Crippen molar-refractivity contribution in [3.05, 3.63) is 60.7 Å². The number of benzene rings is 2. The number of nitrogens with one attached hydrogen (secondary N) is 1. The van der Waals surface area contributed by atoms with Crippen LogP contribution >= 0.6 is 11.8 Å². The summed E-state index contributed by atoms with van der Waals surface area (Å²) < 4.78 is 10.8. The topological polar surface area (TPSA) is 30.5 Å². The normalized spacial score (nSPS) is 14.6. The second kappa shape index (κ2) is 8.13. The van der Waals surface area contributed by atoms with Gasteiger partial charge in [-0.25, -0.2) is 0 Å². The van der Waals surface area contributed by atoms with E-state index in [0.29, 0.717) is 0 Å². The fourth-order valence-corrected chi connectivity index (χ4v) is 4.13. The summed E-state index contributed by atoms with van der Waals surface area (Å²) in [5, 5.41) is 3.63. The maximum atomic E-state index is 5.46. The molecule has 0 aliphatic carbocycles. The third-order valence-electron chi connectivity index (χ3n) is 4.57. The van der Waals surface area contributed by atoms with Gasteiger partial charge >= 0.3 is 0 Å². The molecule has 0 amide bonds. The fourth-order valence-electron chi connectivity index (χ4n) is 3.38. The molecule has 0 aromatic heterocycles. The smallest absolute Gasteiger partial charge is 0.161 e. The van der Waals surface area contributed by atoms with Gasteiger partial charge in [0.05, 0.1) is 19.8 Å². The lowest BCUT2D eigenvalue weighted by Gasteiger charge is -2.32. The van der Waals surface area contributed by atoms with Crippen LogP contribution in [-0.2, 0) is 0 Å². The summed E-state index contributed by atoms with van der Waals surface area (Å²) >= 11 is 1.89. The first-order valence-electron chi connectivity index (χ1n) is 9.03. The quantitative estimate of drug-likeness (QED) is 0.479. The molecule has 142 valence electrons. The first-order chi connectivity index (χ1) is 13.0. The van der Waals surface area contributed by atoms with Gasteiger partial charge in [0.2, 0.25) is 0 Å². The lowest BCUT2D eigenvalue weighted by atomic mass is 9.89. The van der Waals surface area contributed by atoms with Crippen molar-refractivity contribution in [3.63, 3.8) is 0 Å². The SMILES string of the molecule is C=CCSCC1=CC(C)(C)Nc2ccc(-c3ccc(OC)c(OC)c3)cc21. The summed E-state index contributed by atoms with van der Waals surface area (Å²) in [6.45, 7) is 8.24. The molecular weight excluding hydrogens is 354 g/mol. The Morgan fingerprint density at radius 1 is 1.04 bits per heavy atom. The lowest BCUT2D eigenvalue weighted by Crippen LogP contribution is -2.32. The van der Waals surface area contributed by atoms with E-state index in [2.05, 4.69) is 56.1 Å². The van der Waals surface area contributed by atoms with E-state index < -0.39 is 0 Å². The Hall–Kier alpha value is -2.33. The van der Waals surface area contributed by atoms with Crippen LogP contribution in [-0.4, -0.2) is 31.3 Å². The number of hydrogen-bond donors (Lipinski definition) is 1. The second-order valence-electron chi connectivity index (χ2n) is 7.15. The average Bonchev–Trinajstić information content (AvgIpc) is 2.66. The minimum Gasteiger partial charge on any atom is -0.493 e. The number of methoxy groups -OCH3 is 2. The number of rotatable bonds is 7. The maximum absolute atomic E-state index is 5.46. The first kappa shape index (κ1) is 19.4. The lowest BCUT2D eigenvalue weighted by molar-refractivity contribution is 0.355. The van der Waals surface area contributed by atoms with Crippen LogP contribution in [0.15, 0.2) is 55.1 Å². The Balaban J connectivity index is 2.00. The van der Waals surface area contributed by atoms with E-state index >= 15 is 0 Å². The van der Waals surface area contributed by atoms with Crippen LogP contribution in [0.25, 0.3) is 16.7 Å². The van der Waals surface area contributed by atoms with E-state index in [9.17, 15) is 0 Å². The number of hydrogen-bond acceptors (Lipinski definition) is 4. The molecule has 1 aliphatic heterocycles. The van der Waals surface area contributed by atoms with Crippen LogP contribution in [0.3, 0.4) is 0 Å². The Morgan fingerprint density at radius 2 is 1.74 bits per heavy atom. The minimum atomic E-state index is -0.0536. The van der Waals surface area contributed by atoms with Gasteiger partial charge in [0.1, 0.15) is 0 Å². The molecular formula is C23H27NO2S. The van der Waals surface area contributed by atoms with Crippen LogP contribution in [0.1, 0.15) is 19.4 Å². The van der Waals surface area contributed by atoms with Crippen molar-refractivity contribution in [2.45, 2.75) is 19.4 Å². The van der Waals surface area contributed by atoms with Crippen LogP contribution in [0.4, 0.5) is 5.69 Å². The van der Waals surface area contributed by atoms with Crippen molar-refractivity contribution in [2.75, 3.05) is 31.0 Å². The van der Waals surface area contributed by atoms with E-state index in [1.54, 1.807) is 14.2 Å². The van der Waals surface area contributed by atoms with Gasteiger partial charge in [-0.3, -0.25) is 0 Å². The molecule has 0 radical (unpaired) electrons. The van der Waals surface area contributed by atoms with E-state index in [-0.39, 0.29) is 5.54 Å². The maximum Gasteiger partial charge on any atom is 0.161 e. The van der Waals surface area contributed by atoms with Crippen molar-refractivity contribution < 1.29 is 9.47 Å². The molecule has 0 atom stereocenters. The molecule has 3 rings (SSSR count). The summed E-state index contributed by atoms with van der Waals surface area (Å²) in [6, 6.07) is 12.6. The Labute approximate surface area is 166 Å². The molecule has 0 unspecified atom stereocenters. The van der Waals surface area contributed by atoms with Crippen LogP contribution in [0.5, 0.6) is 11.5 Å². The average molecular weight is 382 g/mol. The van der Waals surface area contributed by atoms with Gasteiger partial charge in [-0.15, -0.1) is 6.58 Å². The number of anilines is 1. The van der Waals surface area contributed by atoms with Gasteiger partial charge in [0.15, 0.2) is 11.5 Å². The molecule has 1 heterocycles. The Bertz CT molecular complexity index is 871. The van der Waals surface area contributed by atoms with Crippen molar-refractivity contribution in [3.8, 4) is 22.6 Å². The van der Waals surface area contributed by atoms with Crippen LogP contribution in [0.2, 0.25) is 0 Å².